The zero-order valence-corrected chi connectivity index (χ0v) is 12.4. The second kappa shape index (κ2) is 5.43. The fraction of sp³-hybridized carbons (Fsp3) is 0.438. The van der Waals surface area contributed by atoms with Gasteiger partial charge in [-0.3, -0.25) is 0 Å². The van der Waals surface area contributed by atoms with E-state index < -0.39 is 0 Å². The van der Waals surface area contributed by atoms with Crippen molar-refractivity contribution in [3.8, 4) is 0 Å². The normalized spacial score (nSPS) is 15.5. The third-order valence-electron chi connectivity index (χ3n) is 3.78. The smallest absolute Gasteiger partial charge is 0.109 e. The lowest BCUT2D eigenvalue weighted by molar-refractivity contribution is 0.571. The second-order valence-electron chi connectivity index (χ2n) is 5.37. The van der Waals surface area contributed by atoms with E-state index in [0.717, 1.165) is 6.54 Å². The highest BCUT2D eigenvalue weighted by Crippen LogP contribution is 2.23. The molecule has 0 aliphatic heterocycles. The zero-order valence-electron chi connectivity index (χ0n) is 11.6. The lowest BCUT2D eigenvalue weighted by Crippen LogP contribution is -2.17. The highest BCUT2D eigenvalue weighted by molar-refractivity contribution is 7.11. The van der Waals surface area contributed by atoms with Gasteiger partial charge >= 0.3 is 0 Å². The zero-order chi connectivity index (χ0) is 13.2. The molecule has 1 aromatic carbocycles. The highest BCUT2D eigenvalue weighted by Gasteiger charge is 2.12. The van der Waals surface area contributed by atoms with E-state index in [9.17, 15) is 0 Å². The van der Waals surface area contributed by atoms with Crippen molar-refractivity contribution in [3.63, 3.8) is 0 Å². The molecular weight excluding hydrogens is 252 g/mol. The molecule has 1 atom stereocenters. The minimum absolute atomic E-state index is 0.326. The van der Waals surface area contributed by atoms with E-state index in [4.69, 9.17) is 0 Å². The van der Waals surface area contributed by atoms with Crippen molar-refractivity contribution in [2.45, 2.75) is 45.7 Å². The first-order chi connectivity index (χ1) is 9.22. The average molecular weight is 272 g/mol. The number of hydrogen-bond acceptors (Lipinski definition) is 3. The molecule has 1 unspecified atom stereocenters. The summed E-state index contributed by atoms with van der Waals surface area (Å²) in [7, 11) is 0. The Hall–Kier alpha value is -1.19. The quantitative estimate of drug-likeness (QED) is 0.916. The molecule has 0 saturated carbocycles. The molecule has 0 saturated heterocycles. The van der Waals surface area contributed by atoms with Gasteiger partial charge in [-0.2, -0.15) is 0 Å². The van der Waals surface area contributed by atoms with E-state index in [1.807, 2.05) is 6.20 Å². The van der Waals surface area contributed by atoms with Crippen LogP contribution in [0.1, 0.15) is 46.0 Å². The molecule has 19 heavy (non-hydrogen) atoms. The Balaban J connectivity index is 1.63. The summed E-state index contributed by atoms with van der Waals surface area (Å²) in [4.78, 5) is 5.72. The monoisotopic (exact) mass is 272 g/mol. The lowest BCUT2D eigenvalue weighted by atomic mass is 10.1. The van der Waals surface area contributed by atoms with Crippen LogP contribution in [-0.4, -0.2) is 4.98 Å². The molecule has 0 fully saturated rings. The molecule has 3 rings (SSSR count). The van der Waals surface area contributed by atoms with Gasteiger partial charge in [0, 0.05) is 17.6 Å². The average Bonchev–Trinajstić information content (AvgIpc) is 3.03. The maximum Gasteiger partial charge on any atom is 0.109 e. The Morgan fingerprint density at radius 3 is 2.95 bits per heavy atom. The largest absolute Gasteiger partial charge is 0.304 e. The number of thiazole rings is 1. The number of aryl methyl sites for hydroxylation is 3. The predicted molar refractivity (Wildman–Crippen MR) is 80.6 cm³/mol. The van der Waals surface area contributed by atoms with Gasteiger partial charge in [-0.1, -0.05) is 18.2 Å². The summed E-state index contributed by atoms with van der Waals surface area (Å²) < 4.78 is 0. The first kappa shape index (κ1) is 12.8. The highest BCUT2D eigenvalue weighted by atomic mass is 32.1. The Morgan fingerprint density at radius 2 is 2.16 bits per heavy atom. The fourth-order valence-corrected chi connectivity index (χ4v) is 3.47. The van der Waals surface area contributed by atoms with Crippen LogP contribution in [0.25, 0.3) is 0 Å². The summed E-state index contributed by atoms with van der Waals surface area (Å²) in [6.07, 6.45) is 5.79. The number of hydrogen-bond donors (Lipinski definition) is 1. The van der Waals surface area contributed by atoms with Gasteiger partial charge in [0.05, 0.1) is 6.04 Å². The molecule has 0 spiro atoms. The van der Waals surface area contributed by atoms with E-state index in [0.29, 0.717) is 6.04 Å². The summed E-state index contributed by atoms with van der Waals surface area (Å²) in [5.41, 5.74) is 4.49. The second-order valence-corrected chi connectivity index (χ2v) is 6.63. The van der Waals surface area contributed by atoms with Gasteiger partial charge in [-0.25, -0.2) is 4.98 Å². The van der Waals surface area contributed by atoms with Crippen LogP contribution in [0.3, 0.4) is 0 Å². The van der Waals surface area contributed by atoms with E-state index in [1.54, 1.807) is 22.5 Å². The van der Waals surface area contributed by atoms with Gasteiger partial charge in [0.25, 0.3) is 0 Å². The van der Waals surface area contributed by atoms with Crippen LogP contribution in [0.4, 0.5) is 0 Å². The van der Waals surface area contributed by atoms with Crippen LogP contribution in [0.5, 0.6) is 0 Å². The molecule has 1 aliphatic rings. The first-order valence-electron chi connectivity index (χ1n) is 6.99. The minimum Gasteiger partial charge on any atom is -0.304 e. The van der Waals surface area contributed by atoms with Crippen molar-refractivity contribution in [2.24, 2.45) is 0 Å². The predicted octanol–water partition coefficient (Wildman–Crippen LogP) is 3.79. The molecule has 2 aromatic rings. The van der Waals surface area contributed by atoms with Gasteiger partial charge in [0.1, 0.15) is 5.01 Å². The van der Waals surface area contributed by atoms with Crippen LogP contribution >= 0.6 is 11.3 Å². The number of nitrogens with zero attached hydrogens (tertiary/aromatic N) is 1. The molecule has 0 bridgehead atoms. The van der Waals surface area contributed by atoms with Crippen molar-refractivity contribution in [1.82, 2.24) is 10.3 Å². The van der Waals surface area contributed by atoms with Crippen LogP contribution in [0, 0.1) is 6.92 Å². The van der Waals surface area contributed by atoms with Crippen LogP contribution in [0.15, 0.2) is 24.4 Å². The lowest BCUT2D eigenvalue weighted by Gasteiger charge is -2.12. The van der Waals surface area contributed by atoms with Crippen molar-refractivity contribution in [2.75, 3.05) is 0 Å². The van der Waals surface area contributed by atoms with E-state index in [1.165, 1.54) is 34.7 Å². The number of nitrogens with one attached hydrogen (secondary N) is 1. The number of fused-ring (bicyclic) bond motifs is 1. The van der Waals surface area contributed by atoms with Crippen LogP contribution in [0.2, 0.25) is 0 Å². The maximum atomic E-state index is 4.44. The third kappa shape index (κ3) is 2.88. The van der Waals surface area contributed by atoms with Crippen molar-refractivity contribution >= 4 is 11.3 Å². The van der Waals surface area contributed by atoms with Gasteiger partial charge in [0.15, 0.2) is 0 Å². The van der Waals surface area contributed by atoms with E-state index in [2.05, 4.69) is 42.3 Å². The molecule has 0 amide bonds. The fourth-order valence-electron chi connectivity index (χ4n) is 2.67. The summed E-state index contributed by atoms with van der Waals surface area (Å²) in [6, 6.07) is 7.26. The topological polar surface area (TPSA) is 24.9 Å². The number of aromatic nitrogens is 1. The first-order valence-corrected chi connectivity index (χ1v) is 7.80. The van der Waals surface area contributed by atoms with Gasteiger partial charge in [-0.05, 0) is 49.8 Å². The molecule has 0 radical (unpaired) electrons. The molecule has 100 valence electrons. The third-order valence-corrected chi connectivity index (χ3v) is 4.88. The summed E-state index contributed by atoms with van der Waals surface area (Å²) in [5, 5.41) is 4.75. The molecule has 2 nitrogen and oxygen atoms in total. The molecule has 1 N–H and O–H groups in total. The minimum atomic E-state index is 0.326. The maximum absolute atomic E-state index is 4.44. The standard InChI is InChI=1S/C16H20N2S/c1-11-9-18-16(19-11)12(2)17-10-13-6-7-14-4-3-5-15(14)8-13/h6-9,12,17H,3-5,10H2,1-2H3. The van der Waals surface area contributed by atoms with Crippen molar-refractivity contribution < 1.29 is 0 Å². The van der Waals surface area contributed by atoms with E-state index >= 15 is 0 Å². The van der Waals surface area contributed by atoms with Gasteiger partial charge < -0.3 is 5.32 Å². The Kier molecular flexibility index (Phi) is 3.67. The van der Waals surface area contributed by atoms with Crippen molar-refractivity contribution in [1.29, 1.82) is 0 Å². The molecule has 1 heterocycles. The SMILES string of the molecule is Cc1cnc(C(C)NCc2ccc3c(c2)CCC3)s1. The molecule has 3 heteroatoms. The Morgan fingerprint density at radius 1 is 1.32 bits per heavy atom. The van der Waals surface area contributed by atoms with Gasteiger partial charge in [-0.15, -0.1) is 11.3 Å². The summed E-state index contributed by atoms with van der Waals surface area (Å²) in [5.74, 6) is 0. The van der Waals surface area contributed by atoms with Gasteiger partial charge in [0.2, 0.25) is 0 Å². The molecular formula is C16H20N2S. The molecule has 1 aromatic heterocycles. The van der Waals surface area contributed by atoms with Crippen molar-refractivity contribution in [3.05, 3.63) is 51.0 Å². The summed E-state index contributed by atoms with van der Waals surface area (Å²) >= 11 is 1.78. The van der Waals surface area contributed by atoms with Crippen LogP contribution < -0.4 is 5.32 Å². The molecule has 1 aliphatic carbocycles. The number of benzene rings is 1. The summed E-state index contributed by atoms with van der Waals surface area (Å²) in [6.45, 7) is 5.22. The number of rotatable bonds is 4. The Labute approximate surface area is 118 Å². The van der Waals surface area contributed by atoms with E-state index in [-0.39, 0.29) is 0 Å². The Bertz CT molecular complexity index is 574. The van der Waals surface area contributed by atoms with Crippen LogP contribution in [-0.2, 0) is 19.4 Å².